The second kappa shape index (κ2) is 6.24. The van der Waals surface area contributed by atoms with Gasteiger partial charge in [0, 0.05) is 37.9 Å². The Morgan fingerprint density at radius 3 is 2.24 bits per heavy atom. The van der Waals surface area contributed by atoms with Crippen molar-refractivity contribution in [3.05, 3.63) is 47.8 Å². The number of likely N-dealkylation sites (tertiary alicyclic amines) is 1. The van der Waals surface area contributed by atoms with E-state index in [1.54, 1.807) is 18.2 Å². The molecular formula is C16H17ClF3N. The SMILES string of the molecule is Cl.Fc1ccc(CN2CCC(F)(F)CC2)c2ccccc12. The minimum Gasteiger partial charge on any atom is -0.299 e. The summed E-state index contributed by atoms with van der Waals surface area (Å²) in [5, 5.41) is 1.46. The van der Waals surface area contributed by atoms with Crippen LogP contribution in [0, 0.1) is 5.82 Å². The van der Waals surface area contributed by atoms with E-state index in [-0.39, 0.29) is 31.1 Å². The summed E-state index contributed by atoms with van der Waals surface area (Å²) in [5.74, 6) is -2.77. The third kappa shape index (κ3) is 3.50. The van der Waals surface area contributed by atoms with Gasteiger partial charge in [-0.05, 0) is 17.0 Å². The highest BCUT2D eigenvalue weighted by molar-refractivity contribution is 5.86. The van der Waals surface area contributed by atoms with E-state index < -0.39 is 5.92 Å². The molecule has 0 N–H and O–H groups in total. The number of rotatable bonds is 2. The van der Waals surface area contributed by atoms with E-state index in [1.165, 1.54) is 6.07 Å². The molecule has 0 amide bonds. The number of hydrogen-bond donors (Lipinski definition) is 0. The van der Waals surface area contributed by atoms with Gasteiger partial charge in [-0.1, -0.05) is 30.3 Å². The predicted octanol–water partition coefficient (Wildman–Crippen LogP) is 4.63. The Kier molecular flexibility index (Phi) is 4.79. The minimum atomic E-state index is -2.53. The van der Waals surface area contributed by atoms with Crippen molar-refractivity contribution in [3.8, 4) is 0 Å². The highest BCUT2D eigenvalue weighted by Gasteiger charge is 2.33. The molecule has 0 atom stereocenters. The quantitative estimate of drug-likeness (QED) is 0.781. The maximum Gasteiger partial charge on any atom is 0.250 e. The van der Waals surface area contributed by atoms with Crippen LogP contribution in [0.1, 0.15) is 18.4 Å². The van der Waals surface area contributed by atoms with Crippen molar-refractivity contribution in [3.63, 3.8) is 0 Å². The second-order valence-electron chi connectivity index (χ2n) is 5.38. The Morgan fingerprint density at radius 1 is 0.952 bits per heavy atom. The lowest BCUT2D eigenvalue weighted by Crippen LogP contribution is -2.38. The second-order valence-corrected chi connectivity index (χ2v) is 5.38. The summed E-state index contributed by atoms with van der Waals surface area (Å²) in [6, 6.07) is 10.5. The number of piperidine rings is 1. The van der Waals surface area contributed by atoms with Gasteiger partial charge in [0.05, 0.1) is 0 Å². The highest BCUT2D eigenvalue weighted by atomic mass is 35.5. The largest absolute Gasteiger partial charge is 0.299 e. The molecule has 1 fully saturated rings. The van der Waals surface area contributed by atoms with Gasteiger partial charge in [-0.2, -0.15) is 0 Å². The van der Waals surface area contributed by atoms with E-state index in [9.17, 15) is 13.2 Å². The zero-order valence-electron chi connectivity index (χ0n) is 11.5. The molecule has 1 heterocycles. The molecule has 1 nitrogen and oxygen atoms in total. The molecular weight excluding hydrogens is 299 g/mol. The first-order chi connectivity index (χ1) is 9.55. The van der Waals surface area contributed by atoms with Crippen molar-refractivity contribution in [2.24, 2.45) is 0 Å². The smallest absolute Gasteiger partial charge is 0.250 e. The average molecular weight is 316 g/mol. The lowest BCUT2D eigenvalue weighted by atomic mass is 10.0. The molecule has 0 aromatic heterocycles. The Labute approximate surface area is 128 Å². The van der Waals surface area contributed by atoms with Crippen LogP contribution >= 0.6 is 12.4 Å². The van der Waals surface area contributed by atoms with Crippen molar-refractivity contribution >= 4 is 23.2 Å². The van der Waals surface area contributed by atoms with Crippen LogP contribution < -0.4 is 0 Å². The van der Waals surface area contributed by atoms with E-state index in [2.05, 4.69) is 0 Å². The first kappa shape index (κ1) is 16.1. The summed E-state index contributed by atoms with van der Waals surface area (Å²) in [6.45, 7) is 1.37. The average Bonchev–Trinajstić information content (AvgIpc) is 2.44. The lowest BCUT2D eigenvalue weighted by Gasteiger charge is -2.31. The minimum absolute atomic E-state index is 0. The fourth-order valence-electron chi connectivity index (χ4n) is 2.74. The van der Waals surface area contributed by atoms with Crippen molar-refractivity contribution in [1.82, 2.24) is 4.90 Å². The number of alkyl halides is 2. The van der Waals surface area contributed by atoms with Gasteiger partial charge in [0.25, 0.3) is 5.92 Å². The maximum atomic E-state index is 13.7. The highest BCUT2D eigenvalue weighted by Crippen LogP contribution is 2.29. The molecule has 1 aliphatic heterocycles. The van der Waals surface area contributed by atoms with E-state index in [0.717, 1.165) is 10.9 Å². The fraction of sp³-hybridized carbons (Fsp3) is 0.375. The fourth-order valence-corrected chi connectivity index (χ4v) is 2.74. The molecule has 2 aromatic rings. The molecule has 0 radical (unpaired) electrons. The molecule has 1 aliphatic rings. The standard InChI is InChI=1S/C16H16F3N.ClH/c17-15-6-5-12(13-3-1-2-4-14(13)15)11-20-9-7-16(18,19)8-10-20;/h1-6H,7-11H2;1H. The van der Waals surface area contributed by atoms with Gasteiger partial charge in [0.1, 0.15) is 5.82 Å². The molecule has 3 rings (SSSR count). The van der Waals surface area contributed by atoms with Gasteiger partial charge in [0.15, 0.2) is 0 Å². The number of hydrogen-bond acceptors (Lipinski definition) is 1. The molecule has 0 bridgehead atoms. The van der Waals surface area contributed by atoms with Gasteiger partial charge >= 0.3 is 0 Å². The van der Waals surface area contributed by atoms with Crippen LogP contribution in [-0.4, -0.2) is 23.9 Å². The van der Waals surface area contributed by atoms with Crippen molar-refractivity contribution in [2.45, 2.75) is 25.3 Å². The van der Waals surface area contributed by atoms with Gasteiger partial charge in [-0.3, -0.25) is 4.90 Å². The van der Waals surface area contributed by atoms with Gasteiger partial charge in [-0.25, -0.2) is 13.2 Å². The van der Waals surface area contributed by atoms with Crippen molar-refractivity contribution < 1.29 is 13.2 Å². The summed E-state index contributed by atoms with van der Waals surface area (Å²) in [4.78, 5) is 2.01. The molecule has 2 aromatic carbocycles. The molecule has 0 spiro atoms. The van der Waals surface area contributed by atoms with E-state index >= 15 is 0 Å². The Hall–Kier alpha value is -1.26. The molecule has 0 unspecified atom stereocenters. The van der Waals surface area contributed by atoms with E-state index in [1.807, 2.05) is 17.0 Å². The molecule has 5 heteroatoms. The van der Waals surface area contributed by atoms with Crippen molar-refractivity contribution in [1.29, 1.82) is 0 Å². The number of halogens is 4. The predicted molar refractivity (Wildman–Crippen MR) is 80.6 cm³/mol. The van der Waals surface area contributed by atoms with Gasteiger partial charge in [0.2, 0.25) is 0 Å². The molecule has 0 aliphatic carbocycles. The molecule has 1 saturated heterocycles. The Morgan fingerprint density at radius 2 is 1.57 bits per heavy atom. The summed E-state index contributed by atoms with van der Waals surface area (Å²) in [6.07, 6.45) is -0.182. The summed E-state index contributed by atoms with van der Waals surface area (Å²) in [7, 11) is 0. The number of benzene rings is 2. The summed E-state index contributed by atoms with van der Waals surface area (Å²) >= 11 is 0. The van der Waals surface area contributed by atoms with Gasteiger partial charge < -0.3 is 0 Å². The zero-order chi connectivity index (χ0) is 14.2. The Balaban J connectivity index is 0.00000161. The summed E-state index contributed by atoms with van der Waals surface area (Å²) < 4.78 is 40.0. The molecule has 21 heavy (non-hydrogen) atoms. The summed E-state index contributed by atoms with van der Waals surface area (Å²) in [5.41, 5.74) is 0.993. The van der Waals surface area contributed by atoms with Crippen LogP contribution in [0.5, 0.6) is 0 Å². The van der Waals surface area contributed by atoms with Crippen LogP contribution in [0.4, 0.5) is 13.2 Å². The number of nitrogens with zero attached hydrogens (tertiary/aromatic N) is 1. The van der Waals surface area contributed by atoms with Crippen molar-refractivity contribution in [2.75, 3.05) is 13.1 Å². The third-order valence-corrected chi connectivity index (χ3v) is 3.94. The maximum absolute atomic E-state index is 13.7. The molecule has 114 valence electrons. The van der Waals surface area contributed by atoms with Crippen LogP contribution in [0.25, 0.3) is 10.8 Å². The monoisotopic (exact) mass is 315 g/mol. The third-order valence-electron chi connectivity index (χ3n) is 3.94. The normalized spacial score (nSPS) is 18.4. The van der Waals surface area contributed by atoms with Crippen LogP contribution in [0.2, 0.25) is 0 Å². The Bertz CT molecular complexity index is 620. The number of fused-ring (bicyclic) bond motifs is 1. The van der Waals surface area contributed by atoms with Crippen LogP contribution in [0.15, 0.2) is 36.4 Å². The van der Waals surface area contributed by atoms with E-state index in [0.29, 0.717) is 25.0 Å². The zero-order valence-corrected chi connectivity index (χ0v) is 12.3. The lowest BCUT2D eigenvalue weighted by molar-refractivity contribution is -0.0565. The van der Waals surface area contributed by atoms with Crippen LogP contribution in [-0.2, 0) is 6.54 Å². The van der Waals surface area contributed by atoms with Gasteiger partial charge in [-0.15, -0.1) is 12.4 Å². The first-order valence-corrected chi connectivity index (χ1v) is 6.81. The topological polar surface area (TPSA) is 3.24 Å². The first-order valence-electron chi connectivity index (χ1n) is 6.81. The van der Waals surface area contributed by atoms with Crippen LogP contribution in [0.3, 0.4) is 0 Å². The van der Waals surface area contributed by atoms with E-state index in [4.69, 9.17) is 0 Å². The molecule has 0 saturated carbocycles.